The van der Waals surface area contributed by atoms with Crippen LogP contribution < -0.4 is 0 Å². The summed E-state index contributed by atoms with van der Waals surface area (Å²) in [5.41, 5.74) is 1.36. The van der Waals surface area contributed by atoms with Crippen molar-refractivity contribution in [2.24, 2.45) is 0 Å². The zero-order valence-corrected chi connectivity index (χ0v) is 9.27. The molecule has 0 saturated carbocycles. The van der Waals surface area contributed by atoms with Gasteiger partial charge in [0.1, 0.15) is 5.82 Å². The average Bonchev–Trinajstić information content (AvgIpc) is 2.08. The Balaban J connectivity index is 2.90. The molecule has 0 aliphatic carbocycles. The van der Waals surface area contributed by atoms with Gasteiger partial charge in [-0.15, -0.1) is 0 Å². The maximum atomic E-state index is 13.4. The lowest BCUT2D eigenvalue weighted by Crippen LogP contribution is -2.00. The molecule has 0 fully saturated rings. The highest BCUT2D eigenvalue weighted by molar-refractivity contribution is 9.10. The number of benzene rings is 1. The summed E-state index contributed by atoms with van der Waals surface area (Å²) in [6.07, 6.45) is 0.175. The van der Waals surface area contributed by atoms with Crippen LogP contribution in [0.5, 0.6) is 0 Å². The van der Waals surface area contributed by atoms with Crippen molar-refractivity contribution in [2.45, 2.75) is 19.8 Å². The second-order valence-electron chi connectivity index (χ2n) is 3.11. The molecule has 0 saturated heterocycles. The van der Waals surface area contributed by atoms with E-state index in [-0.39, 0.29) is 18.7 Å². The maximum Gasteiger partial charge on any atom is 0.303 e. The first-order chi connectivity index (χ1) is 6.50. The third-order valence-corrected chi connectivity index (χ3v) is 2.43. The topological polar surface area (TPSA) is 37.3 Å². The van der Waals surface area contributed by atoms with E-state index in [1.807, 2.05) is 6.92 Å². The number of aryl methyl sites for hydroxylation is 2. The van der Waals surface area contributed by atoms with Gasteiger partial charge in [-0.2, -0.15) is 0 Å². The summed E-state index contributed by atoms with van der Waals surface area (Å²) in [6.45, 7) is 1.84. The van der Waals surface area contributed by atoms with Crippen LogP contribution in [-0.2, 0) is 11.2 Å². The molecule has 1 rings (SSSR count). The fraction of sp³-hybridized carbons (Fsp3) is 0.300. The minimum atomic E-state index is -0.915. The minimum absolute atomic E-state index is 0.0488. The van der Waals surface area contributed by atoms with Gasteiger partial charge < -0.3 is 5.11 Å². The van der Waals surface area contributed by atoms with Gasteiger partial charge in [0, 0.05) is 6.42 Å². The van der Waals surface area contributed by atoms with Crippen molar-refractivity contribution in [3.05, 3.63) is 33.5 Å². The first kappa shape index (κ1) is 11.2. The van der Waals surface area contributed by atoms with Gasteiger partial charge in [-0.3, -0.25) is 4.79 Å². The number of carboxylic acids is 1. The molecule has 1 aromatic rings. The fourth-order valence-electron chi connectivity index (χ4n) is 1.22. The predicted molar refractivity (Wildman–Crippen MR) is 54.8 cm³/mol. The summed E-state index contributed by atoms with van der Waals surface area (Å²) in [5, 5.41) is 8.47. The number of rotatable bonds is 3. The largest absolute Gasteiger partial charge is 0.481 e. The summed E-state index contributed by atoms with van der Waals surface area (Å²) in [6, 6.07) is 3.34. The van der Waals surface area contributed by atoms with Crippen molar-refractivity contribution in [1.29, 1.82) is 0 Å². The van der Waals surface area contributed by atoms with E-state index in [9.17, 15) is 9.18 Å². The molecule has 1 aromatic carbocycles. The third kappa shape index (κ3) is 2.80. The van der Waals surface area contributed by atoms with E-state index in [1.165, 1.54) is 0 Å². The predicted octanol–water partition coefficient (Wildman–Crippen LogP) is 2.91. The Morgan fingerprint density at radius 1 is 1.57 bits per heavy atom. The number of aliphatic carboxylic acids is 1. The van der Waals surface area contributed by atoms with Crippen molar-refractivity contribution in [2.75, 3.05) is 0 Å². The molecular formula is C10H10BrFO2. The summed E-state index contributed by atoms with van der Waals surface area (Å²) in [4.78, 5) is 10.3. The quantitative estimate of drug-likeness (QED) is 0.908. The minimum Gasteiger partial charge on any atom is -0.481 e. The van der Waals surface area contributed by atoms with Crippen molar-refractivity contribution in [1.82, 2.24) is 0 Å². The molecule has 4 heteroatoms. The molecule has 0 aliphatic rings. The van der Waals surface area contributed by atoms with Crippen LogP contribution in [-0.4, -0.2) is 11.1 Å². The maximum absolute atomic E-state index is 13.4. The van der Waals surface area contributed by atoms with Gasteiger partial charge in [-0.05, 0) is 46.5 Å². The Kier molecular flexibility index (Phi) is 3.63. The van der Waals surface area contributed by atoms with Gasteiger partial charge in [-0.1, -0.05) is 6.07 Å². The van der Waals surface area contributed by atoms with Crippen LogP contribution in [0.2, 0.25) is 0 Å². The molecule has 0 atom stereocenters. The monoisotopic (exact) mass is 260 g/mol. The normalized spacial score (nSPS) is 10.2. The zero-order chi connectivity index (χ0) is 10.7. The molecule has 1 N–H and O–H groups in total. The molecule has 0 radical (unpaired) electrons. The van der Waals surface area contributed by atoms with E-state index in [0.717, 1.165) is 5.56 Å². The van der Waals surface area contributed by atoms with Gasteiger partial charge >= 0.3 is 5.97 Å². The lowest BCUT2D eigenvalue weighted by molar-refractivity contribution is -0.136. The first-order valence-corrected chi connectivity index (χ1v) is 4.96. The van der Waals surface area contributed by atoms with Gasteiger partial charge in [0.25, 0.3) is 0 Å². The molecule has 0 amide bonds. The highest BCUT2D eigenvalue weighted by Crippen LogP contribution is 2.22. The molecule has 14 heavy (non-hydrogen) atoms. The summed E-state index contributed by atoms with van der Waals surface area (Å²) in [5.74, 6) is -1.28. The van der Waals surface area contributed by atoms with Crippen LogP contribution in [0.3, 0.4) is 0 Å². The number of carboxylic acid groups (broad SMARTS) is 1. The molecule has 0 bridgehead atoms. The second kappa shape index (κ2) is 4.55. The lowest BCUT2D eigenvalue weighted by atomic mass is 10.1. The van der Waals surface area contributed by atoms with E-state index in [1.54, 1.807) is 12.1 Å². The third-order valence-electron chi connectivity index (χ3n) is 1.86. The van der Waals surface area contributed by atoms with Crippen LogP contribution in [0.4, 0.5) is 4.39 Å². The Labute approximate surface area is 89.9 Å². The van der Waals surface area contributed by atoms with Crippen molar-refractivity contribution in [3.8, 4) is 0 Å². The fourth-order valence-corrected chi connectivity index (χ4v) is 1.84. The van der Waals surface area contributed by atoms with Gasteiger partial charge in [-0.25, -0.2) is 4.39 Å². The zero-order valence-electron chi connectivity index (χ0n) is 7.68. The molecule has 2 nitrogen and oxygen atoms in total. The molecule has 0 aliphatic heterocycles. The summed E-state index contributed by atoms with van der Waals surface area (Å²) < 4.78 is 13.8. The number of hydrogen-bond acceptors (Lipinski definition) is 1. The second-order valence-corrected chi connectivity index (χ2v) is 3.97. The number of hydrogen-bond donors (Lipinski definition) is 1. The smallest absolute Gasteiger partial charge is 0.303 e. The van der Waals surface area contributed by atoms with E-state index >= 15 is 0 Å². The lowest BCUT2D eigenvalue weighted by Gasteiger charge is -2.04. The van der Waals surface area contributed by atoms with Crippen molar-refractivity contribution < 1.29 is 14.3 Å². The Morgan fingerprint density at radius 2 is 2.21 bits per heavy atom. The van der Waals surface area contributed by atoms with Crippen LogP contribution in [0.1, 0.15) is 17.5 Å². The van der Waals surface area contributed by atoms with Gasteiger partial charge in [0.2, 0.25) is 0 Å². The summed E-state index contributed by atoms with van der Waals surface area (Å²) >= 11 is 3.08. The van der Waals surface area contributed by atoms with Gasteiger partial charge in [0.15, 0.2) is 0 Å². The van der Waals surface area contributed by atoms with Crippen LogP contribution in [0.15, 0.2) is 16.6 Å². The molecule has 0 aromatic heterocycles. The van der Waals surface area contributed by atoms with Crippen LogP contribution in [0, 0.1) is 12.7 Å². The van der Waals surface area contributed by atoms with Crippen LogP contribution in [0.25, 0.3) is 0 Å². The average molecular weight is 261 g/mol. The Bertz CT molecular complexity index is 363. The van der Waals surface area contributed by atoms with Gasteiger partial charge in [0.05, 0.1) is 4.47 Å². The Hall–Kier alpha value is -0.900. The molecule has 0 unspecified atom stereocenters. The molecule has 0 spiro atoms. The number of carbonyl (C=O) groups is 1. The van der Waals surface area contributed by atoms with E-state index in [2.05, 4.69) is 15.9 Å². The van der Waals surface area contributed by atoms with E-state index in [0.29, 0.717) is 10.0 Å². The van der Waals surface area contributed by atoms with E-state index < -0.39 is 5.97 Å². The highest BCUT2D eigenvalue weighted by Gasteiger charge is 2.08. The molecule has 76 valence electrons. The van der Waals surface area contributed by atoms with Crippen LogP contribution >= 0.6 is 15.9 Å². The highest BCUT2D eigenvalue weighted by atomic mass is 79.9. The van der Waals surface area contributed by atoms with Crippen molar-refractivity contribution in [3.63, 3.8) is 0 Å². The SMILES string of the molecule is Cc1cc(Br)c(F)c(CCC(=O)O)c1. The summed E-state index contributed by atoms with van der Waals surface area (Å²) in [7, 11) is 0. The Morgan fingerprint density at radius 3 is 2.79 bits per heavy atom. The van der Waals surface area contributed by atoms with E-state index in [4.69, 9.17) is 5.11 Å². The molecular weight excluding hydrogens is 251 g/mol. The number of halogens is 2. The van der Waals surface area contributed by atoms with Crippen molar-refractivity contribution >= 4 is 21.9 Å². The standard InChI is InChI=1S/C10H10BrFO2/c1-6-4-7(2-3-9(13)14)10(12)8(11)5-6/h4-5H,2-3H2,1H3,(H,13,14). The first-order valence-electron chi connectivity index (χ1n) is 4.17. The molecule has 0 heterocycles.